The van der Waals surface area contributed by atoms with E-state index in [4.69, 9.17) is 9.47 Å². The van der Waals surface area contributed by atoms with E-state index in [1.54, 1.807) is 36.4 Å². The Bertz CT molecular complexity index is 1200. The lowest BCUT2D eigenvalue weighted by Gasteiger charge is -2.29. The van der Waals surface area contributed by atoms with Crippen molar-refractivity contribution in [2.45, 2.75) is 64.4 Å². The predicted molar refractivity (Wildman–Crippen MR) is 143 cm³/mol. The smallest absolute Gasteiger partial charge is 0.201 e. The predicted octanol–water partition coefficient (Wildman–Crippen LogP) is 9.24. The molecule has 0 saturated carbocycles. The largest absolute Gasteiger partial charge is 0.490 e. The first-order valence-electron chi connectivity index (χ1n) is 13.3. The van der Waals surface area contributed by atoms with Gasteiger partial charge in [-0.3, -0.25) is 0 Å². The summed E-state index contributed by atoms with van der Waals surface area (Å²) in [5.74, 6) is -2.13. The summed E-state index contributed by atoms with van der Waals surface area (Å²) in [4.78, 5) is 0. The molecule has 0 N–H and O–H groups in total. The molecule has 1 heterocycles. The van der Waals surface area contributed by atoms with E-state index in [-0.39, 0.29) is 29.2 Å². The van der Waals surface area contributed by atoms with Crippen molar-refractivity contribution in [1.29, 1.82) is 0 Å². The molecular formula is C32H35F3O2. The number of unbranched alkanes of at least 4 members (excludes halogenated alkanes) is 1. The highest BCUT2D eigenvalue weighted by atomic mass is 19.2. The number of hydrogen-bond donors (Lipinski definition) is 0. The number of benzene rings is 3. The molecule has 1 fully saturated rings. The van der Waals surface area contributed by atoms with Crippen molar-refractivity contribution < 1.29 is 22.6 Å². The van der Waals surface area contributed by atoms with Crippen LogP contribution >= 0.6 is 0 Å². The summed E-state index contributed by atoms with van der Waals surface area (Å²) < 4.78 is 55.7. The summed E-state index contributed by atoms with van der Waals surface area (Å²) in [5.41, 5.74) is 2.76. The molecule has 2 nitrogen and oxygen atoms in total. The second-order valence-electron chi connectivity index (χ2n) is 9.63. The molecule has 0 amide bonds. The molecule has 1 aliphatic heterocycles. The Kier molecular flexibility index (Phi) is 9.45. The number of rotatable bonds is 10. The van der Waals surface area contributed by atoms with E-state index in [0.717, 1.165) is 44.1 Å². The van der Waals surface area contributed by atoms with Crippen LogP contribution in [0, 0.1) is 17.5 Å². The van der Waals surface area contributed by atoms with E-state index in [2.05, 4.69) is 12.2 Å². The van der Waals surface area contributed by atoms with Crippen LogP contribution in [-0.2, 0) is 4.74 Å². The minimum Gasteiger partial charge on any atom is -0.490 e. The summed E-state index contributed by atoms with van der Waals surface area (Å²) >= 11 is 0. The van der Waals surface area contributed by atoms with Gasteiger partial charge < -0.3 is 9.47 Å². The molecule has 1 aliphatic rings. The van der Waals surface area contributed by atoms with Crippen molar-refractivity contribution in [1.82, 2.24) is 0 Å². The van der Waals surface area contributed by atoms with Crippen molar-refractivity contribution in [3.05, 3.63) is 89.8 Å². The number of allylic oxidation sites excluding steroid dienone is 2. The number of ether oxygens (including phenoxy) is 2. The van der Waals surface area contributed by atoms with Gasteiger partial charge in [-0.15, -0.1) is 0 Å². The summed E-state index contributed by atoms with van der Waals surface area (Å²) in [5, 5.41) is 0. The Hall–Kier alpha value is -3.05. The molecule has 3 aromatic rings. The van der Waals surface area contributed by atoms with Crippen LogP contribution in [0.2, 0.25) is 0 Å². The Morgan fingerprint density at radius 2 is 1.65 bits per heavy atom. The van der Waals surface area contributed by atoms with Gasteiger partial charge in [-0.2, -0.15) is 4.39 Å². The monoisotopic (exact) mass is 508 g/mol. The average molecular weight is 509 g/mol. The zero-order chi connectivity index (χ0) is 26.2. The Balaban J connectivity index is 1.43. The molecule has 0 aliphatic carbocycles. The van der Waals surface area contributed by atoms with Crippen LogP contribution in [0.15, 0.2) is 66.7 Å². The fraction of sp³-hybridized carbons (Fsp3) is 0.375. The highest BCUT2D eigenvalue weighted by molar-refractivity contribution is 5.71. The standard InChI is InChI=1S/C32H35F3O2/c1-3-5-7-8-26-15-13-25(21-37-26)24-14-16-27(29(33)20-24)22-9-11-23(12-10-22)28-17-18-30(32(35)31(28)34)36-19-6-4-2/h3,5,9-12,14,16-18,20,25-26H,4,6-8,13,15,19,21H2,1-2H3. The van der Waals surface area contributed by atoms with Gasteiger partial charge in [0, 0.05) is 17.0 Å². The van der Waals surface area contributed by atoms with E-state index < -0.39 is 11.6 Å². The highest BCUT2D eigenvalue weighted by Gasteiger charge is 2.23. The molecule has 4 rings (SSSR count). The van der Waals surface area contributed by atoms with Crippen molar-refractivity contribution in [2.75, 3.05) is 13.2 Å². The van der Waals surface area contributed by atoms with Crippen LogP contribution in [-0.4, -0.2) is 19.3 Å². The summed E-state index contributed by atoms with van der Waals surface area (Å²) in [6.07, 6.45) is 10.2. The Morgan fingerprint density at radius 1 is 0.919 bits per heavy atom. The van der Waals surface area contributed by atoms with Gasteiger partial charge in [0.25, 0.3) is 0 Å². The van der Waals surface area contributed by atoms with Crippen LogP contribution in [0.3, 0.4) is 0 Å². The van der Waals surface area contributed by atoms with Gasteiger partial charge in [-0.1, -0.05) is 61.9 Å². The number of hydrogen-bond acceptors (Lipinski definition) is 2. The molecule has 0 aromatic heterocycles. The van der Waals surface area contributed by atoms with E-state index in [9.17, 15) is 8.78 Å². The molecule has 0 spiro atoms. The van der Waals surface area contributed by atoms with E-state index in [1.807, 2.05) is 19.9 Å². The van der Waals surface area contributed by atoms with Gasteiger partial charge in [0.15, 0.2) is 11.6 Å². The summed E-state index contributed by atoms with van der Waals surface area (Å²) in [6, 6.07) is 15.2. The first-order chi connectivity index (χ1) is 18.0. The molecular weight excluding hydrogens is 473 g/mol. The van der Waals surface area contributed by atoms with E-state index in [0.29, 0.717) is 29.9 Å². The van der Waals surface area contributed by atoms with Crippen LogP contribution < -0.4 is 4.74 Å². The van der Waals surface area contributed by atoms with Crippen molar-refractivity contribution >= 4 is 0 Å². The number of halogens is 3. The Labute approximate surface area is 218 Å². The third-order valence-corrected chi connectivity index (χ3v) is 7.04. The molecule has 1 saturated heterocycles. The summed E-state index contributed by atoms with van der Waals surface area (Å²) in [7, 11) is 0. The Morgan fingerprint density at radius 3 is 2.30 bits per heavy atom. The van der Waals surface area contributed by atoms with Crippen LogP contribution in [0.4, 0.5) is 13.2 Å². The fourth-order valence-electron chi connectivity index (χ4n) is 4.79. The molecule has 0 bridgehead atoms. The van der Waals surface area contributed by atoms with Crippen molar-refractivity contribution in [2.24, 2.45) is 0 Å². The minimum atomic E-state index is -0.991. The maximum atomic E-state index is 15.1. The molecule has 37 heavy (non-hydrogen) atoms. The molecule has 2 unspecified atom stereocenters. The van der Waals surface area contributed by atoms with Crippen LogP contribution in [0.5, 0.6) is 5.75 Å². The van der Waals surface area contributed by atoms with Crippen molar-refractivity contribution in [3.8, 4) is 28.0 Å². The topological polar surface area (TPSA) is 18.5 Å². The molecule has 0 radical (unpaired) electrons. The summed E-state index contributed by atoms with van der Waals surface area (Å²) in [6.45, 7) is 4.98. The van der Waals surface area contributed by atoms with Gasteiger partial charge in [0.1, 0.15) is 5.82 Å². The second-order valence-corrected chi connectivity index (χ2v) is 9.63. The average Bonchev–Trinajstić information content (AvgIpc) is 2.92. The minimum absolute atomic E-state index is 0.0824. The van der Waals surface area contributed by atoms with Gasteiger partial charge in [0.05, 0.1) is 19.3 Å². The SMILES string of the molecule is CC=CCCC1CCC(c2ccc(-c3ccc(-c4ccc(OCCCC)c(F)c4F)cc3)c(F)c2)CO1. The lowest BCUT2D eigenvalue weighted by molar-refractivity contribution is -0.000225. The highest BCUT2D eigenvalue weighted by Crippen LogP contribution is 2.34. The first-order valence-corrected chi connectivity index (χ1v) is 13.3. The van der Waals surface area contributed by atoms with Crippen LogP contribution in [0.1, 0.15) is 63.9 Å². The quantitative estimate of drug-likeness (QED) is 0.201. The van der Waals surface area contributed by atoms with Crippen LogP contribution in [0.25, 0.3) is 22.3 Å². The third kappa shape index (κ3) is 6.64. The maximum absolute atomic E-state index is 15.1. The normalized spacial score (nSPS) is 17.9. The van der Waals surface area contributed by atoms with Gasteiger partial charge in [-0.05, 0) is 73.9 Å². The molecule has 2 atom stereocenters. The second kappa shape index (κ2) is 13.0. The lowest BCUT2D eigenvalue weighted by Crippen LogP contribution is -2.24. The maximum Gasteiger partial charge on any atom is 0.201 e. The first kappa shape index (κ1) is 27.0. The van der Waals surface area contributed by atoms with Gasteiger partial charge in [0.2, 0.25) is 5.82 Å². The van der Waals surface area contributed by atoms with Gasteiger partial charge in [-0.25, -0.2) is 8.78 Å². The molecule has 5 heteroatoms. The zero-order valence-corrected chi connectivity index (χ0v) is 21.6. The molecule has 3 aromatic carbocycles. The lowest BCUT2D eigenvalue weighted by atomic mass is 9.89. The van der Waals surface area contributed by atoms with Crippen molar-refractivity contribution in [3.63, 3.8) is 0 Å². The molecule has 196 valence electrons. The van der Waals surface area contributed by atoms with E-state index >= 15 is 4.39 Å². The zero-order valence-electron chi connectivity index (χ0n) is 21.6. The van der Waals surface area contributed by atoms with Gasteiger partial charge >= 0.3 is 0 Å². The third-order valence-electron chi connectivity index (χ3n) is 7.04. The fourth-order valence-corrected chi connectivity index (χ4v) is 4.79. The van der Waals surface area contributed by atoms with E-state index in [1.165, 1.54) is 12.1 Å².